The summed E-state index contributed by atoms with van der Waals surface area (Å²) in [5, 5.41) is 1.09. The first-order chi connectivity index (χ1) is 8.59. The van der Waals surface area contributed by atoms with E-state index in [4.69, 9.17) is 13.3 Å². The molecule has 1 rings (SSSR count). The molecule has 0 heterocycles. The van der Waals surface area contributed by atoms with Crippen LogP contribution >= 0.6 is 0 Å². The summed E-state index contributed by atoms with van der Waals surface area (Å²) in [4.78, 5) is 0. The van der Waals surface area contributed by atoms with Crippen molar-refractivity contribution >= 4 is 14.0 Å². The first kappa shape index (κ1) is 15.4. The first-order valence-electron chi connectivity index (χ1n) is 6.59. The highest BCUT2D eigenvalue weighted by atomic mass is 28.4. The van der Waals surface area contributed by atoms with E-state index in [0.29, 0.717) is 19.8 Å². The Bertz CT molecular complexity index is 362. The molecule has 0 aliphatic heterocycles. The molecule has 0 fully saturated rings. The van der Waals surface area contributed by atoms with Crippen LogP contribution in [0.25, 0.3) is 0 Å². The molecular weight excluding hydrogens is 244 g/mol. The van der Waals surface area contributed by atoms with Crippen molar-refractivity contribution in [2.24, 2.45) is 0 Å². The van der Waals surface area contributed by atoms with E-state index in [1.165, 1.54) is 11.1 Å². The monoisotopic (exact) mass is 268 g/mol. The summed E-state index contributed by atoms with van der Waals surface area (Å²) in [5.74, 6) is 0. The van der Waals surface area contributed by atoms with Crippen LogP contribution in [0.1, 0.15) is 31.9 Å². The van der Waals surface area contributed by atoms with Gasteiger partial charge in [-0.15, -0.1) is 0 Å². The summed E-state index contributed by atoms with van der Waals surface area (Å²) in [6, 6.07) is 6.33. The number of aryl methyl sites for hydroxylation is 2. The molecule has 3 nitrogen and oxygen atoms in total. The highest BCUT2D eigenvalue weighted by Crippen LogP contribution is 2.14. The Morgan fingerprint density at radius 1 is 0.889 bits per heavy atom. The predicted molar refractivity (Wildman–Crippen MR) is 76.2 cm³/mol. The maximum absolute atomic E-state index is 5.93. The molecule has 1 aromatic carbocycles. The van der Waals surface area contributed by atoms with Crippen molar-refractivity contribution in [3.63, 3.8) is 0 Å². The van der Waals surface area contributed by atoms with Gasteiger partial charge in [-0.25, -0.2) is 0 Å². The predicted octanol–water partition coefficient (Wildman–Crippen LogP) is 2.56. The van der Waals surface area contributed by atoms with Crippen molar-refractivity contribution in [1.82, 2.24) is 0 Å². The highest BCUT2D eigenvalue weighted by Gasteiger charge is 2.44. The van der Waals surface area contributed by atoms with E-state index >= 15 is 0 Å². The maximum Gasteiger partial charge on any atom is 0.537 e. The van der Waals surface area contributed by atoms with Gasteiger partial charge in [-0.1, -0.05) is 23.8 Å². The van der Waals surface area contributed by atoms with Gasteiger partial charge >= 0.3 is 8.80 Å². The van der Waals surface area contributed by atoms with Crippen LogP contribution in [-0.4, -0.2) is 28.6 Å². The van der Waals surface area contributed by atoms with Crippen molar-refractivity contribution in [3.8, 4) is 0 Å². The van der Waals surface area contributed by atoms with Crippen molar-refractivity contribution in [2.45, 2.75) is 34.6 Å². The van der Waals surface area contributed by atoms with E-state index < -0.39 is 8.80 Å². The van der Waals surface area contributed by atoms with Gasteiger partial charge in [0.15, 0.2) is 0 Å². The van der Waals surface area contributed by atoms with E-state index in [1.807, 2.05) is 20.8 Å². The fourth-order valence-electron chi connectivity index (χ4n) is 1.99. The Morgan fingerprint density at radius 3 is 1.83 bits per heavy atom. The van der Waals surface area contributed by atoms with Crippen LogP contribution in [0.3, 0.4) is 0 Å². The summed E-state index contributed by atoms with van der Waals surface area (Å²) in [6.45, 7) is 11.9. The van der Waals surface area contributed by atoms with Crippen molar-refractivity contribution in [2.75, 3.05) is 19.8 Å². The van der Waals surface area contributed by atoms with Crippen LogP contribution in [0.5, 0.6) is 0 Å². The molecule has 0 spiro atoms. The molecule has 0 bridgehead atoms. The van der Waals surface area contributed by atoms with Gasteiger partial charge in [-0.2, -0.15) is 0 Å². The van der Waals surface area contributed by atoms with E-state index in [0.717, 1.165) is 5.19 Å². The highest BCUT2D eigenvalue weighted by molar-refractivity contribution is 6.75. The summed E-state index contributed by atoms with van der Waals surface area (Å²) in [5.41, 5.74) is 2.37. The molecule has 0 saturated carbocycles. The Balaban J connectivity index is 3.24. The molecule has 0 radical (unpaired) electrons. The van der Waals surface area contributed by atoms with Crippen LogP contribution in [0, 0.1) is 13.8 Å². The third-order valence-corrected chi connectivity index (χ3v) is 5.93. The SMILES string of the molecule is CCO[Si](OCC)(OCC)c1cc(C)ccc1C. The van der Waals surface area contributed by atoms with Gasteiger partial charge in [-0.05, 0) is 40.2 Å². The lowest BCUT2D eigenvalue weighted by molar-refractivity contribution is 0.0858. The van der Waals surface area contributed by atoms with Crippen LogP contribution in [-0.2, 0) is 13.3 Å². The summed E-state index contributed by atoms with van der Waals surface area (Å²) < 4.78 is 17.8. The Morgan fingerprint density at radius 2 is 1.39 bits per heavy atom. The van der Waals surface area contributed by atoms with Crippen LogP contribution < -0.4 is 5.19 Å². The summed E-state index contributed by atoms with van der Waals surface area (Å²) in [7, 11) is -2.75. The van der Waals surface area contributed by atoms with Gasteiger partial charge in [0, 0.05) is 25.0 Å². The molecule has 102 valence electrons. The molecule has 0 aromatic heterocycles. The molecule has 0 amide bonds. The lowest BCUT2D eigenvalue weighted by Crippen LogP contribution is -2.57. The van der Waals surface area contributed by atoms with Gasteiger partial charge in [0.25, 0.3) is 0 Å². The lowest BCUT2D eigenvalue weighted by atomic mass is 10.2. The molecule has 0 aliphatic rings. The quantitative estimate of drug-likeness (QED) is 0.711. The van der Waals surface area contributed by atoms with E-state index in [2.05, 4.69) is 32.0 Å². The number of hydrogen-bond acceptors (Lipinski definition) is 3. The number of rotatable bonds is 7. The molecule has 4 heteroatoms. The van der Waals surface area contributed by atoms with Crippen molar-refractivity contribution < 1.29 is 13.3 Å². The average molecular weight is 268 g/mol. The van der Waals surface area contributed by atoms with Gasteiger partial charge in [0.05, 0.1) is 0 Å². The smallest absolute Gasteiger partial charge is 0.370 e. The first-order valence-corrected chi connectivity index (χ1v) is 8.31. The van der Waals surface area contributed by atoms with Crippen LogP contribution in [0.4, 0.5) is 0 Å². The minimum Gasteiger partial charge on any atom is -0.370 e. The summed E-state index contributed by atoms with van der Waals surface area (Å²) in [6.07, 6.45) is 0. The van der Waals surface area contributed by atoms with Gasteiger partial charge in [0.1, 0.15) is 0 Å². The average Bonchev–Trinajstić information content (AvgIpc) is 2.33. The lowest BCUT2D eigenvalue weighted by Gasteiger charge is -2.30. The second kappa shape index (κ2) is 7.04. The number of hydrogen-bond donors (Lipinski definition) is 0. The fourth-order valence-corrected chi connectivity index (χ4v) is 4.82. The largest absolute Gasteiger partial charge is 0.537 e. The van der Waals surface area contributed by atoms with Crippen LogP contribution in [0.2, 0.25) is 0 Å². The molecular formula is C14H24O3Si. The number of benzene rings is 1. The second-order valence-electron chi connectivity index (χ2n) is 4.17. The van der Waals surface area contributed by atoms with E-state index in [1.54, 1.807) is 0 Å². The minimum atomic E-state index is -2.75. The summed E-state index contributed by atoms with van der Waals surface area (Å²) >= 11 is 0. The fraction of sp³-hybridized carbons (Fsp3) is 0.571. The molecule has 0 atom stereocenters. The molecule has 0 aliphatic carbocycles. The molecule has 0 N–H and O–H groups in total. The molecule has 1 aromatic rings. The zero-order chi connectivity index (χ0) is 13.6. The van der Waals surface area contributed by atoms with Crippen LogP contribution in [0.15, 0.2) is 18.2 Å². The Kier molecular flexibility index (Phi) is 6.01. The topological polar surface area (TPSA) is 27.7 Å². The van der Waals surface area contributed by atoms with Gasteiger partial charge < -0.3 is 13.3 Å². The second-order valence-corrected chi connectivity index (χ2v) is 6.69. The van der Waals surface area contributed by atoms with Gasteiger partial charge in [-0.3, -0.25) is 0 Å². The van der Waals surface area contributed by atoms with Gasteiger partial charge in [0.2, 0.25) is 0 Å². The van der Waals surface area contributed by atoms with Crippen molar-refractivity contribution in [1.29, 1.82) is 0 Å². The standard InChI is InChI=1S/C14H24O3Si/c1-6-15-18(16-7-2,17-8-3)14-11-12(4)9-10-13(14)5/h9-11H,6-8H2,1-5H3. The Labute approximate surface area is 111 Å². The minimum absolute atomic E-state index is 0.597. The molecule has 18 heavy (non-hydrogen) atoms. The zero-order valence-electron chi connectivity index (χ0n) is 12.1. The molecule has 0 unspecified atom stereocenters. The maximum atomic E-state index is 5.93. The molecule has 0 saturated heterocycles. The third kappa shape index (κ3) is 3.42. The van der Waals surface area contributed by atoms with Crippen molar-refractivity contribution in [3.05, 3.63) is 29.3 Å². The zero-order valence-corrected chi connectivity index (χ0v) is 13.1. The normalized spacial score (nSPS) is 11.8. The third-order valence-electron chi connectivity index (χ3n) is 2.73. The van der Waals surface area contributed by atoms with E-state index in [9.17, 15) is 0 Å². The van der Waals surface area contributed by atoms with E-state index in [-0.39, 0.29) is 0 Å². The Hall–Kier alpha value is -0.683.